The van der Waals surface area contributed by atoms with Crippen molar-refractivity contribution in [2.75, 3.05) is 19.0 Å². The van der Waals surface area contributed by atoms with E-state index >= 15 is 0 Å². The van der Waals surface area contributed by atoms with Gasteiger partial charge >= 0.3 is 6.03 Å². The van der Waals surface area contributed by atoms with Gasteiger partial charge in [0.05, 0.1) is 29.7 Å². The van der Waals surface area contributed by atoms with Gasteiger partial charge in [0.1, 0.15) is 5.75 Å². The van der Waals surface area contributed by atoms with Crippen LogP contribution in [0.4, 0.5) is 10.5 Å². The number of rotatable bonds is 6. The smallest absolute Gasteiger partial charge is 0.319 e. The lowest BCUT2D eigenvalue weighted by Gasteiger charge is -2.09. The summed E-state index contributed by atoms with van der Waals surface area (Å²) in [5.41, 5.74) is 2.57. The Hall–Kier alpha value is -2.99. The highest BCUT2D eigenvalue weighted by Crippen LogP contribution is 2.26. The number of benzene rings is 2. The molecule has 0 atom stereocenters. The number of hydrogen-bond acceptors (Lipinski definition) is 3. The van der Waals surface area contributed by atoms with Gasteiger partial charge in [-0.05, 0) is 36.2 Å². The Morgan fingerprint density at radius 2 is 2.04 bits per heavy atom. The zero-order valence-corrected chi connectivity index (χ0v) is 15.0. The summed E-state index contributed by atoms with van der Waals surface area (Å²) in [6.07, 6.45) is 4.43. The van der Waals surface area contributed by atoms with Crippen LogP contribution in [0.15, 0.2) is 60.9 Å². The molecule has 0 aliphatic rings. The zero-order valence-electron chi connectivity index (χ0n) is 14.3. The predicted octanol–water partition coefficient (Wildman–Crippen LogP) is 3.90. The number of amides is 2. The molecule has 6 nitrogen and oxygen atoms in total. The van der Waals surface area contributed by atoms with Crippen molar-refractivity contribution in [1.29, 1.82) is 0 Å². The summed E-state index contributed by atoms with van der Waals surface area (Å²) in [7, 11) is 1.56. The molecule has 26 heavy (non-hydrogen) atoms. The third-order valence-corrected chi connectivity index (χ3v) is 4.09. The van der Waals surface area contributed by atoms with Crippen molar-refractivity contribution in [2.24, 2.45) is 0 Å². The largest absolute Gasteiger partial charge is 0.497 e. The number of nitrogens with one attached hydrogen (secondary N) is 2. The van der Waals surface area contributed by atoms with Gasteiger partial charge in [0.2, 0.25) is 0 Å². The average Bonchev–Trinajstić information content (AvgIpc) is 3.13. The van der Waals surface area contributed by atoms with E-state index < -0.39 is 0 Å². The molecule has 0 spiro atoms. The van der Waals surface area contributed by atoms with Crippen LogP contribution >= 0.6 is 11.6 Å². The lowest BCUT2D eigenvalue weighted by Crippen LogP contribution is -2.30. The molecule has 0 aliphatic heterocycles. The molecule has 0 bridgehead atoms. The Balaban J connectivity index is 1.49. The number of ether oxygens (including phenoxy) is 1. The van der Waals surface area contributed by atoms with Crippen LogP contribution in [0.1, 0.15) is 5.56 Å². The first kappa shape index (κ1) is 17.8. The van der Waals surface area contributed by atoms with Crippen LogP contribution < -0.4 is 15.4 Å². The highest BCUT2D eigenvalue weighted by molar-refractivity contribution is 6.33. The van der Waals surface area contributed by atoms with Gasteiger partial charge in [0, 0.05) is 18.8 Å². The number of anilines is 1. The van der Waals surface area contributed by atoms with Crippen molar-refractivity contribution in [3.8, 4) is 11.4 Å². The van der Waals surface area contributed by atoms with Gasteiger partial charge in [-0.2, -0.15) is 5.10 Å². The lowest BCUT2D eigenvalue weighted by atomic mass is 10.2. The third-order valence-electron chi connectivity index (χ3n) is 3.78. The lowest BCUT2D eigenvalue weighted by molar-refractivity contribution is 0.252. The first-order chi connectivity index (χ1) is 12.7. The Kier molecular flexibility index (Phi) is 5.76. The highest BCUT2D eigenvalue weighted by Gasteiger charge is 2.07. The van der Waals surface area contributed by atoms with Gasteiger partial charge in [-0.1, -0.05) is 29.8 Å². The van der Waals surface area contributed by atoms with E-state index in [-0.39, 0.29) is 6.03 Å². The molecular formula is C19H19ClN4O2. The van der Waals surface area contributed by atoms with Gasteiger partial charge < -0.3 is 15.4 Å². The molecule has 0 fully saturated rings. The van der Waals surface area contributed by atoms with Crippen LogP contribution in [-0.2, 0) is 6.42 Å². The van der Waals surface area contributed by atoms with E-state index in [9.17, 15) is 4.79 Å². The topological polar surface area (TPSA) is 68.2 Å². The van der Waals surface area contributed by atoms with Crippen molar-refractivity contribution in [3.05, 3.63) is 71.5 Å². The molecule has 0 saturated carbocycles. The molecule has 1 heterocycles. The molecule has 2 aromatic carbocycles. The predicted molar refractivity (Wildman–Crippen MR) is 102 cm³/mol. The summed E-state index contributed by atoms with van der Waals surface area (Å²) in [6.45, 7) is 0.486. The van der Waals surface area contributed by atoms with Crippen LogP contribution in [0.3, 0.4) is 0 Å². The summed E-state index contributed by atoms with van der Waals surface area (Å²) < 4.78 is 6.89. The second kappa shape index (κ2) is 8.40. The number of aromatic nitrogens is 2. The quantitative estimate of drug-likeness (QED) is 0.691. The number of para-hydroxylation sites is 1. The van der Waals surface area contributed by atoms with Crippen LogP contribution in [0.2, 0.25) is 5.02 Å². The van der Waals surface area contributed by atoms with Crippen LogP contribution in [0, 0.1) is 0 Å². The van der Waals surface area contributed by atoms with E-state index in [0.29, 0.717) is 29.4 Å². The van der Waals surface area contributed by atoms with Crippen LogP contribution in [0.5, 0.6) is 5.75 Å². The van der Waals surface area contributed by atoms with E-state index in [1.54, 1.807) is 31.5 Å². The molecule has 1 aromatic heterocycles. The van der Waals surface area contributed by atoms with E-state index in [1.807, 2.05) is 41.2 Å². The van der Waals surface area contributed by atoms with Crippen LogP contribution in [0.25, 0.3) is 5.69 Å². The summed E-state index contributed by atoms with van der Waals surface area (Å²) in [5, 5.41) is 10.3. The maximum Gasteiger partial charge on any atom is 0.319 e. The number of methoxy groups -OCH3 is 1. The van der Waals surface area contributed by atoms with Crippen molar-refractivity contribution in [3.63, 3.8) is 0 Å². The molecule has 0 aliphatic carbocycles. The zero-order chi connectivity index (χ0) is 18.4. The first-order valence-electron chi connectivity index (χ1n) is 8.13. The molecule has 3 rings (SSSR count). The van der Waals surface area contributed by atoms with E-state index in [0.717, 1.165) is 11.3 Å². The SMILES string of the molecule is COc1ccc(NC(=O)NCCc2cnn(-c3ccccc3)c2)c(Cl)c1. The molecule has 7 heteroatoms. The third kappa shape index (κ3) is 4.55. The molecular weight excluding hydrogens is 352 g/mol. The first-order valence-corrected chi connectivity index (χ1v) is 8.51. The summed E-state index contributed by atoms with van der Waals surface area (Å²) in [4.78, 5) is 12.0. The minimum Gasteiger partial charge on any atom is -0.497 e. The minimum atomic E-state index is -0.312. The fourth-order valence-electron chi connectivity index (χ4n) is 2.42. The standard InChI is InChI=1S/C19H19ClN4O2/c1-26-16-7-8-18(17(20)11-16)23-19(25)21-10-9-14-12-22-24(13-14)15-5-3-2-4-6-15/h2-8,11-13H,9-10H2,1H3,(H2,21,23,25). The monoisotopic (exact) mass is 370 g/mol. The number of urea groups is 1. The van der Waals surface area contributed by atoms with Gasteiger partial charge in [-0.3, -0.25) is 0 Å². The highest BCUT2D eigenvalue weighted by atomic mass is 35.5. The Labute approximate surface area is 156 Å². The van der Waals surface area contributed by atoms with Gasteiger partial charge in [0.25, 0.3) is 0 Å². The van der Waals surface area contributed by atoms with Crippen molar-refractivity contribution in [1.82, 2.24) is 15.1 Å². The summed E-state index contributed by atoms with van der Waals surface area (Å²) in [6, 6.07) is 14.6. The maximum atomic E-state index is 12.0. The average molecular weight is 371 g/mol. The minimum absolute atomic E-state index is 0.312. The van der Waals surface area contributed by atoms with Gasteiger partial charge in [-0.25, -0.2) is 9.48 Å². The summed E-state index contributed by atoms with van der Waals surface area (Å²) in [5.74, 6) is 0.636. The molecule has 3 aromatic rings. The number of nitrogens with zero attached hydrogens (tertiary/aromatic N) is 2. The van der Waals surface area contributed by atoms with Crippen LogP contribution in [-0.4, -0.2) is 29.5 Å². The fourth-order valence-corrected chi connectivity index (χ4v) is 2.64. The maximum absolute atomic E-state index is 12.0. The molecule has 134 valence electrons. The molecule has 0 saturated heterocycles. The second-order valence-corrected chi connectivity index (χ2v) is 6.01. The Bertz CT molecular complexity index is 880. The molecule has 2 amide bonds. The normalized spacial score (nSPS) is 10.4. The van der Waals surface area contributed by atoms with E-state index in [2.05, 4.69) is 15.7 Å². The molecule has 2 N–H and O–H groups in total. The van der Waals surface area contributed by atoms with E-state index in [4.69, 9.17) is 16.3 Å². The fraction of sp³-hybridized carbons (Fsp3) is 0.158. The number of halogens is 1. The Morgan fingerprint density at radius 1 is 1.23 bits per heavy atom. The van der Waals surface area contributed by atoms with Crippen molar-refractivity contribution < 1.29 is 9.53 Å². The van der Waals surface area contributed by atoms with Gasteiger partial charge in [-0.15, -0.1) is 0 Å². The summed E-state index contributed by atoms with van der Waals surface area (Å²) >= 11 is 6.11. The van der Waals surface area contributed by atoms with Gasteiger partial charge in [0.15, 0.2) is 0 Å². The van der Waals surface area contributed by atoms with Crippen molar-refractivity contribution in [2.45, 2.75) is 6.42 Å². The number of hydrogen-bond donors (Lipinski definition) is 2. The number of carbonyl (C=O) groups excluding carboxylic acids is 1. The Morgan fingerprint density at radius 3 is 2.77 bits per heavy atom. The molecule has 0 unspecified atom stereocenters. The second-order valence-electron chi connectivity index (χ2n) is 5.61. The number of carbonyl (C=O) groups is 1. The van der Waals surface area contributed by atoms with E-state index in [1.165, 1.54) is 0 Å². The molecule has 0 radical (unpaired) electrons. The van der Waals surface area contributed by atoms with Crippen molar-refractivity contribution >= 4 is 23.3 Å².